The van der Waals surface area contributed by atoms with Crippen molar-refractivity contribution in [1.29, 1.82) is 0 Å². The molecule has 0 aliphatic rings. The van der Waals surface area contributed by atoms with Gasteiger partial charge < -0.3 is 9.64 Å². The summed E-state index contributed by atoms with van der Waals surface area (Å²) in [5.74, 6) is -0.361. The van der Waals surface area contributed by atoms with E-state index in [1.54, 1.807) is 24.3 Å². The van der Waals surface area contributed by atoms with E-state index in [0.29, 0.717) is 16.7 Å². The molecule has 21 heavy (non-hydrogen) atoms. The van der Waals surface area contributed by atoms with Crippen LogP contribution >= 0.6 is 23.2 Å². The Bertz CT molecular complexity index is 485. The number of esters is 1. The number of nitrogens with zero attached hydrogens (tertiary/aromatic N) is 1. The van der Waals surface area contributed by atoms with Crippen LogP contribution in [0.3, 0.4) is 0 Å². The lowest BCUT2D eigenvalue weighted by molar-refractivity contribution is -0.137. The van der Waals surface area contributed by atoms with E-state index in [9.17, 15) is 4.79 Å². The van der Waals surface area contributed by atoms with Gasteiger partial charge in [-0.1, -0.05) is 43.1 Å². The van der Waals surface area contributed by atoms with Crippen LogP contribution in [-0.2, 0) is 9.53 Å². The number of carbonyl (C=O) groups is 1. The predicted octanol–water partition coefficient (Wildman–Crippen LogP) is 4.28. The maximum atomic E-state index is 11.6. The minimum Gasteiger partial charge on any atom is -0.462 e. The monoisotopic (exact) mass is 329 g/mol. The van der Waals surface area contributed by atoms with Crippen molar-refractivity contribution < 1.29 is 9.53 Å². The first-order chi connectivity index (χ1) is 10.1. The third-order valence-corrected chi connectivity index (χ3v) is 3.68. The van der Waals surface area contributed by atoms with E-state index in [0.717, 1.165) is 31.6 Å². The van der Waals surface area contributed by atoms with Gasteiger partial charge in [0.2, 0.25) is 0 Å². The standard InChI is InChI=1S/C16H21Cl2NO2/c1-3-19(4-2)10-5-11-21-16(20)9-7-13-6-8-14(17)12-15(13)18/h6-9,12H,3-5,10-11H2,1-2H3/b9-7+. The van der Waals surface area contributed by atoms with E-state index in [1.807, 2.05) is 0 Å². The van der Waals surface area contributed by atoms with Crippen LogP contribution in [0.5, 0.6) is 0 Å². The zero-order chi connectivity index (χ0) is 15.7. The van der Waals surface area contributed by atoms with Gasteiger partial charge in [-0.15, -0.1) is 0 Å². The van der Waals surface area contributed by atoms with Gasteiger partial charge in [-0.3, -0.25) is 0 Å². The lowest BCUT2D eigenvalue weighted by atomic mass is 10.2. The van der Waals surface area contributed by atoms with Crippen LogP contribution < -0.4 is 0 Å². The highest BCUT2D eigenvalue weighted by Crippen LogP contribution is 2.21. The van der Waals surface area contributed by atoms with Crippen molar-refractivity contribution in [2.75, 3.05) is 26.2 Å². The molecule has 0 aromatic heterocycles. The van der Waals surface area contributed by atoms with Crippen LogP contribution in [0, 0.1) is 0 Å². The molecule has 0 aliphatic carbocycles. The summed E-state index contributed by atoms with van der Waals surface area (Å²) in [7, 11) is 0. The van der Waals surface area contributed by atoms with E-state index >= 15 is 0 Å². The van der Waals surface area contributed by atoms with E-state index in [4.69, 9.17) is 27.9 Å². The molecule has 0 fully saturated rings. The van der Waals surface area contributed by atoms with Crippen LogP contribution in [0.1, 0.15) is 25.8 Å². The van der Waals surface area contributed by atoms with Crippen molar-refractivity contribution in [1.82, 2.24) is 4.90 Å². The zero-order valence-corrected chi connectivity index (χ0v) is 14.0. The van der Waals surface area contributed by atoms with Crippen LogP contribution in [0.25, 0.3) is 6.08 Å². The summed E-state index contributed by atoms with van der Waals surface area (Å²) >= 11 is 11.8. The van der Waals surface area contributed by atoms with E-state index in [1.165, 1.54) is 6.08 Å². The van der Waals surface area contributed by atoms with Gasteiger partial charge in [0.1, 0.15) is 0 Å². The molecule has 0 spiro atoms. The van der Waals surface area contributed by atoms with Crippen molar-refractivity contribution in [3.63, 3.8) is 0 Å². The topological polar surface area (TPSA) is 29.5 Å². The molecule has 0 bridgehead atoms. The van der Waals surface area contributed by atoms with Crippen LogP contribution in [0.15, 0.2) is 24.3 Å². The molecule has 0 amide bonds. The third-order valence-electron chi connectivity index (χ3n) is 3.12. The summed E-state index contributed by atoms with van der Waals surface area (Å²) < 4.78 is 5.15. The van der Waals surface area contributed by atoms with Gasteiger partial charge in [0.15, 0.2) is 0 Å². The van der Waals surface area contributed by atoms with E-state index in [2.05, 4.69) is 18.7 Å². The summed E-state index contributed by atoms with van der Waals surface area (Å²) in [6.07, 6.45) is 3.85. The number of benzene rings is 1. The molecule has 1 aromatic rings. The minimum absolute atomic E-state index is 0.361. The molecule has 5 heteroatoms. The quantitative estimate of drug-likeness (QED) is 0.405. The molecule has 0 atom stereocenters. The van der Waals surface area contributed by atoms with Crippen molar-refractivity contribution in [3.05, 3.63) is 39.9 Å². The molecule has 0 saturated heterocycles. The molecule has 3 nitrogen and oxygen atoms in total. The van der Waals surface area contributed by atoms with Crippen molar-refractivity contribution in [3.8, 4) is 0 Å². The van der Waals surface area contributed by atoms with Crippen LogP contribution in [0.2, 0.25) is 10.0 Å². The van der Waals surface area contributed by atoms with Gasteiger partial charge in [0.25, 0.3) is 0 Å². The van der Waals surface area contributed by atoms with Gasteiger partial charge >= 0.3 is 5.97 Å². The van der Waals surface area contributed by atoms with Crippen molar-refractivity contribution in [2.24, 2.45) is 0 Å². The highest BCUT2D eigenvalue weighted by Gasteiger charge is 2.02. The molecule has 0 unspecified atom stereocenters. The molecule has 0 radical (unpaired) electrons. The average molecular weight is 330 g/mol. The molecule has 0 saturated carbocycles. The smallest absolute Gasteiger partial charge is 0.330 e. The maximum Gasteiger partial charge on any atom is 0.330 e. The normalized spacial score (nSPS) is 11.3. The van der Waals surface area contributed by atoms with Gasteiger partial charge in [-0.2, -0.15) is 0 Å². The number of rotatable bonds is 8. The highest BCUT2D eigenvalue weighted by molar-refractivity contribution is 6.35. The zero-order valence-electron chi connectivity index (χ0n) is 12.4. The van der Waals surface area contributed by atoms with Crippen molar-refractivity contribution in [2.45, 2.75) is 20.3 Å². The molecule has 1 rings (SSSR count). The largest absolute Gasteiger partial charge is 0.462 e. The Balaban J connectivity index is 2.35. The van der Waals surface area contributed by atoms with E-state index < -0.39 is 0 Å². The second-order valence-electron chi connectivity index (χ2n) is 4.55. The summed E-state index contributed by atoms with van der Waals surface area (Å²) in [6, 6.07) is 5.12. The molecule has 1 aromatic carbocycles. The lowest BCUT2D eigenvalue weighted by Crippen LogP contribution is -2.25. The van der Waals surface area contributed by atoms with Crippen molar-refractivity contribution >= 4 is 35.2 Å². The lowest BCUT2D eigenvalue weighted by Gasteiger charge is -2.17. The Kier molecular flexibility index (Phi) is 8.43. The van der Waals surface area contributed by atoms with Crippen LogP contribution in [0.4, 0.5) is 0 Å². The number of carbonyl (C=O) groups excluding carboxylic acids is 1. The Labute approximate surface area is 136 Å². The molecule has 116 valence electrons. The second-order valence-corrected chi connectivity index (χ2v) is 5.39. The fraction of sp³-hybridized carbons (Fsp3) is 0.438. The number of ether oxygens (including phenoxy) is 1. The Hall–Kier alpha value is -1.03. The molecular formula is C16H21Cl2NO2. The summed E-state index contributed by atoms with van der Waals surface area (Å²) in [5.41, 5.74) is 0.737. The summed E-state index contributed by atoms with van der Waals surface area (Å²) in [4.78, 5) is 13.9. The number of hydrogen-bond donors (Lipinski definition) is 0. The summed E-state index contributed by atoms with van der Waals surface area (Å²) in [5, 5.41) is 1.07. The fourth-order valence-electron chi connectivity index (χ4n) is 1.84. The maximum absolute atomic E-state index is 11.6. The van der Waals surface area contributed by atoms with E-state index in [-0.39, 0.29) is 5.97 Å². The molecule has 0 heterocycles. The Morgan fingerprint density at radius 1 is 1.29 bits per heavy atom. The second kappa shape index (κ2) is 9.82. The molecular weight excluding hydrogens is 309 g/mol. The highest BCUT2D eigenvalue weighted by atomic mass is 35.5. The van der Waals surface area contributed by atoms with Gasteiger partial charge in [0, 0.05) is 22.7 Å². The van der Waals surface area contributed by atoms with Gasteiger partial charge in [-0.25, -0.2) is 4.79 Å². The minimum atomic E-state index is -0.361. The van der Waals surface area contributed by atoms with Crippen LogP contribution in [-0.4, -0.2) is 37.1 Å². The predicted molar refractivity (Wildman–Crippen MR) is 88.9 cm³/mol. The van der Waals surface area contributed by atoms with Gasteiger partial charge in [-0.05, 0) is 43.3 Å². The Morgan fingerprint density at radius 3 is 2.62 bits per heavy atom. The Morgan fingerprint density at radius 2 is 2.00 bits per heavy atom. The number of hydrogen-bond acceptors (Lipinski definition) is 3. The first-order valence-electron chi connectivity index (χ1n) is 7.09. The first-order valence-corrected chi connectivity index (χ1v) is 7.84. The number of halogens is 2. The molecule has 0 aliphatic heterocycles. The SMILES string of the molecule is CCN(CC)CCCOC(=O)/C=C/c1ccc(Cl)cc1Cl. The molecule has 0 N–H and O–H groups in total. The first kappa shape index (κ1) is 18.0. The fourth-order valence-corrected chi connectivity index (χ4v) is 2.31. The average Bonchev–Trinajstić information content (AvgIpc) is 2.46. The summed E-state index contributed by atoms with van der Waals surface area (Å²) in [6.45, 7) is 7.63. The van der Waals surface area contributed by atoms with Gasteiger partial charge in [0.05, 0.1) is 6.61 Å². The third kappa shape index (κ3) is 6.98.